The first-order chi connectivity index (χ1) is 16.9. The molecule has 0 aromatic heterocycles. The number of carbonyl (C=O) groups is 1. The monoisotopic (exact) mass is 501 g/mol. The van der Waals surface area contributed by atoms with E-state index < -0.39 is 0 Å². The number of anilines is 1. The van der Waals surface area contributed by atoms with Gasteiger partial charge < -0.3 is 19.7 Å². The van der Waals surface area contributed by atoms with E-state index in [9.17, 15) is 13.6 Å². The number of ether oxygens (including phenoxy) is 2. The van der Waals surface area contributed by atoms with Crippen molar-refractivity contribution in [1.29, 1.82) is 0 Å². The highest BCUT2D eigenvalue weighted by Gasteiger charge is 2.29. The first-order valence-electron chi connectivity index (χ1n) is 11.1. The molecule has 1 fully saturated rings. The Morgan fingerprint density at radius 3 is 1.86 bits per heavy atom. The number of nitrogens with one attached hydrogen (secondary N) is 1. The van der Waals surface area contributed by atoms with E-state index in [0.29, 0.717) is 48.4 Å². The van der Waals surface area contributed by atoms with E-state index in [2.05, 4.69) is 10.2 Å². The zero-order chi connectivity index (χ0) is 24.9. The molecule has 0 bridgehead atoms. The van der Waals surface area contributed by atoms with Crippen LogP contribution in [0.1, 0.15) is 17.2 Å². The highest BCUT2D eigenvalue weighted by atomic mass is 35.5. The fourth-order valence-electron chi connectivity index (χ4n) is 4.24. The minimum atomic E-state index is -0.317. The topological polar surface area (TPSA) is 54.0 Å². The molecule has 1 N–H and O–H groups in total. The van der Waals surface area contributed by atoms with Gasteiger partial charge in [0.25, 0.3) is 0 Å². The summed E-state index contributed by atoms with van der Waals surface area (Å²) in [4.78, 5) is 16.9. The van der Waals surface area contributed by atoms with Gasteiger partial charge in [-0.15, -0.1) is 0 Å². The van der Waals surface area contributed by atoms with E-state index in [-0.39, 0.29) is 23.7 Å². The predicted octanol–water partition coefficient (Wildman–Crippen LogP) is 5.57. The van der Waals surface area contributed by atoms with Crippen molar-refractivity contribution in [3.8, 4) is 11.5 Å². The summed E-state index contributed by atoms with van der Waals surface area (Å²) in [5.74, 6) is 0.248. The van der Waals surface area contributed by atoms with E-state index in [1.807, 2.05) is 0 Å². The van der Waals surface area contributed by atoms with Gasteiger partial charge in [-0.05, 0) is 41.5 Å². The van der Waals surface area contributed by atoms with Gasteiger partial charge in [0.05, 0.1) is 31.0 Å². The lowest BCUT2D eigenvalue weighted by atomic mass is 9.96. The average molecular weight is 502 g/mol. The molecular weight excluding hydrogens is 476 g/mol. The number of benzene rings is 3. The molecular formula is C26H26ClF2N3O3. The molecule has 1 heterocycles. The van der Waals surface area contributed by atoms with Crippen LogP contribution in [0.2, 0.25) is 5.02 Å². The van der Waals surface area contributed by atoms with Crippen LogP contribution in [-0.4, -0.2) is 56.2 Å². The third-order valence-electron chi connectivity index (χ3n) is 6.05. The molecule has 1 saturated heterocycles. The lowest BCUT2D eigenvalue weighted by Gasteiger charge is -2.39. The minimum Gasteiger partial charge on any atom is -0.495 e. The first kappa shape index (κ1) is 24.8. The number of rotatable bonds is 6. The van der Waals surface area contributed by atoms with Crippen molar-refractivity contribution < 1.29 is 23.0 Å². The molecule has 1 aliphatic rings. The zero-order valence-corrected chi connectivity index (χ0v) is 20.2. The molecule has 0 aliphatic carbocycles. The van der Waals surface area contributed by atoms with Crippen molar-refractivity contribution in [1.82, 2.24) is 9.80 Å². The lowest BCUT2D eigenvalue weighted by molar-refractivity contribution is 0.126. The van der Waals surface area contributed by atoms with Gasteiger partial charge in [-0.1, -0.05) is 35.9 Å². The Kier molecular flexibility index (Phi) is 7.73. The second kappa shape index (κ2) is 10.9. The Hall–Kier alpha value is -3.36. The Morgan fingerprint density at radius 1 is 0.857 bits per heavy atom. The third-order valence-corrected chi connectivity index (χ3v) is 6.35. The Bertz CT molecular complexity index is 1120. The number of hydrogen-bond acceptors (Lipinski definition) is 4. The van der Waals surface area contributed by atoms with Crippen LogP contribution in [0.4, 0.5) is 19.3 Å². The van der Waals surface area contributed by atoms with Crippen LogP contribution in [-0.2, 0) is 0 Å². The second-order valence-corrected chi connectivity index (χ2v) is 8.55. The highest BCUT2D eigenvalue weighted by molar-refractivity contribution is 6.32. The van der Waals surface area contributed by atoms with Crippen LogP contribution in [0.25, 0.3) is 0 Å². The SMILES string of the molecule is COc1cc(OC)c(NC(=O)N2CCN(C(c3ccc(F)cc3)c3ccc(F)cc3)CC2)cc1Cl. The molecule has 35 heavy (non-hydrogen) atoms. The number of nitrogens with zero attached hydrogens (tertiary/aromatic N) is 2. The summed E-state index contributed by atoms with van der Waals surface area (Å²) >= 11 is 6.22. The van der Waals surface area contributed by atoms with Gasteiger partial charge in [0.15, 0.2) is 0 Å². The van der Waals surface area contributed by atoms with Crippen LogP contribution < -0.4 is 14.8 Å². The molecule has 3 aromatic rings. The van der Waals surface area contributed by atoms with Crippen LogP contribution in [0.15, 0.2) is 60.7 Å². The van der Waals surface area contributed by atoms with Crippen LogP contribution >= 0.6 is 11.6 Å². The summed E-state index contributed by atoms with van der Waals surface area (Å²) in [7, 11) is 3.01. The van der Waals surface area contributed by atoms with Crippen molar-refractivity contribution in [3.63, 3.8) is 0 Å². The van der Waals surface area contributed by atoms with E-state index in [1.165, 1.54) is 38.5 Å². The fourth-order valence-corrected chi connectivity index (χ4v) is 4.48. The van der Waals surface area contributed by atoms with Crippen LogP contribution in [0.3, 0.4) is 0 Å². The molecule has 0 spiro atoms. The second-order valence-electron chi connectivity index (χ2n) is 8.15. The van der Waals surface area contributed by atoms with Crippen molar-refractivity contribution in [2.24, 2.45) is 0 Å². The maximum atomic E-state index is 13.5. The normalized spacial score (nSPS) is 14.2. The number of methoxy groups -OCH3 is 2. The molecule has 0 radical (unpaired) electrons. The Labute approximate surface area is 208 Å². The number of piperazine rings is 1. The minimum absolute atomic E-state index is 0.193. The van der Waals surface area contributed by atoms with E-state index >= 15 is 0 Å². The highest BCUT2D eigenvalue weighted by Crippen LogP contribution is 2.36. The molecule has 0 unspecified atom stereocenters. The number of hydrogen-bond donors (Lipinski definition) is 1. The maximum absolute atomic E-state index is 13.5. The zero-order valence-electron chi connectivity index (χ0n) is 19.4. The molecule has 1 aliphatic heterocycles. The van der Waals surface area contributed by atoms with Crippen LogP contribution in [0, 0.1) is 11.6 Å². The molecule has 3 aromatic carbocycles. The van der Waals surface area contributed by atoms with Crippen molar-refractivity contribution in [2.75, 3.05) is 45.7 Å². The van der Waals surface area contributed by atoms with Crippen molar-refractivity contribution >= 4 is 23.3 Å². The van der Waals surface area contributed by atoms with E-state index in [0.717, 1.165) is 11.1 Å². The predicted molar refractivity (Wildman–Crippen MR) is 131 cm³/mol. The molecule has 9 heteroatoms. The summed E-state index contributed by atoms with van der Waals surface area (Å²) in [6.45, 7) is 2.09. The van der Waals surface area contributed by atoms with E-state index in [1.54, 1.807) is 41.3 Å². The summed E-state index contributed by atoms with van der Waals surface area (Å²) in [6.07, 6.45) is 0. The summed E-state index contributed by atoms with van der Waals surface area (Å²) in [6, 6.07) is 15.4. The fraction of sp³-hybridized carbons (Fsp3) is 0.269. The smallest absolute Gasteiger partial charge is 0.322 e. The molecule has 0 saturated carbocycles. The average Bonchev–Trinajstić information content (AvgIpc) is 2.87. The lowest BCUT2D eigenvalue weighted by Crippen LogP contribution is -2.51. The van der Waals surface area contributed by atoms with Gasteiger partial charge in [-0.3, -0.25) is 4.90 Å². The summed E-state index contributed by atoms with van der Waals surface area (Å²) in [5.41, 5.74) is 2.24. The third kappa shape index (κ3) is 5.66. The van der Waals surface area contributed by atoms with E-state index in [4.69, 9.17) is 21.1 Å². The number of carbonyl (C=O) groups excluding carboxylic acids is 1. The Balaban J connectivity index is 1.48. The number of amides is 2. The molecule has 184 valence electrons. The number of urea groups is 1. The van der Waals surface area contributed by atoms with Crippen molar-refractivity contribution in [2.45, 2.75) is 6.04 Å². The van der Waals surface area contributed by atoms with Crippen LogP contribution in [0.5, 0.6) is 11.5 Å². The standard InChI is InChI=1S/C26H26ClF2N3O3/c1-34-23-16-24(35-2)22(15-21(23)27)30-26(33)32-13-11-31(12-14-32)25(17-3-7-19(28)8-4-17)18-5-9-20(29)10-6-18/h3-10,15-16,25H,11-14H2,1-2H3,(H,30,33). The van der Waals surface area contributed by atoms with Gasteiger partial charge in [-0.2, -0.15) is 0 Å². The summed E-state index contributed by atoms with van der Waals surface area (Å²) in [5, 5.41) is 3.22. The van der Waals surface area contributed by atoms with Gasteiger partial charge in [0.2, 0.25) is 0 Å². The Morgan fingerprint density at radius 2 is 1.37 bits per heavy atom. The molecule has 2 amide bonds. The van der Waals surface area contributed by atoms with Gasteiger partial charge in [0, 0.05) is 32.2 Å². The molecule has 4 rings (SSSR count). The number of halogens is 3. The van der Waals surface area contributed by atoms with Gasteiger partial charge in [0.1, 0.15) is 23.1 Å². The largest absolute Gasteiger partial charge is 0.495 e. The molecule has 6 nitrogen and oxygen atoms in total. The van der Waals surface area contributed by atoms with Crippen molar-refractivity contribution in [3.05, 3.63) is 88.4 Å². The first-order valence-corrected chi connectivity index (χ1v) is 11.5. The summed E-state index contributed by atoms with van der Waals surface area (Å²) < 4.78 is 37.7. The van der Waals surface area contributed by atoms with Gasteiger partial charge >= 0.3 is 6.03 Å². The van der Waals surface area contributed by atoms with Gasteiger partial charge in [-0.25, -0.2) is 13.6 Å². The quantitative estimate of drug-likeness (QED) is 0.479. The molecule has 0 atom stereocenters. The maximum Gasteiger partial charge on any atom is 0.322 e.